The highest BCUT2D eigenvalue weighted by Crippen LogP contribution is 2.28. The van der Waals surface area contributed by atoms with Gasteiger partial charge in [-0.2, -0.15) is 0 Å². The van der Waals surface area contributed by atoms with Crippen LogP contribution in [0.4, 0.5) is 0 Å². The Morgan fingerprint density at radius 1 is 1.28 bits per heavy atom. The fourth-order valence-electron chi connectivity index (χ4n) is 2.13. The fourth-order valence-corrected chi connectivity index (χ4v) is 3.01. The summed E-state index contributed by atoms with van der Waals surface area (Å²) in [7, 11) is 0. The van der Waals surface area contributed by atoms with Gasteiger partial charge in [0.25, 0.3) is 0 Å². The van der Waals surface area contributed by atoms with E-state index in [0.717, 1.165) is 17.2 Å². The topological polar surface area (TPSA) is 24.9 Å². The summed E-state index contributed by atoms with van der Waals surface area (Å²) < 4.78 is 0. The largest absolute Gasteiger partial charge is 0.305 e. The first-order chi connectivity index (χ1) is 8.63. The van der Waals surface area contributed by atoms with Gasteiger partial charge in [0.1, 0.15) is 5.01 Å². The second kappa shape index (κ2) is 5.63. The van der Waals surface area contributed by atoms with Crippen molar-refractivity contribution >= 4 is 11.3 Å². The zero-order chi connectivity index (χ0) is 13.1. The van der Waals surface area contributed by atoms with Crippen LogP contribution in [0.25, 0.3) is 0 Å². The molecule has 0 aliphatic carbocycles. The third-order valence-corrected chi connectivity index (χ3v) is 4.28. The Morgan fingerprint density at radius 2 is 2.06 bits per heavy atom. The Bertz CT molecular complexity index is 531. The van der Waals surface area contributed by atoms with E-state index in [1.165, 1.54) is 16.7 Å². The van der Waals surface area contributed by atoms with Gasteiger partial charge in [-0.25, -0.2) is 4.98 Å². The van der Waals surface area contributed by atoms with Gasteiger partial charge in [0, 0.05) is 11.1 Å². The van der Waals surface area contributed by atoms with Gasteiger partial charge in [0.2, 0.25) is 0 Å². The van der Waals surface area contributed by atoms with Crippen molar-refractivity contribution in [2.45, 2.75) is 33.7 Å². The van der Waals surface area contributed by atoms with Crippen molar-refractivity contribution in [3.05, 3.63) is 51.0 Å². The number of hydrogen-bond donors (Lipinski definition) is 1. The Kier molecular flexibility index (Phi) is 4.15. The first-order valence-corrected chi connectivity index (χ1v) is 7.23. The van der Waals surface area contributed by atoms with Crippen LogP contribution in [0.5, 0.6) is 0 Å². The van der Waals surface area contributed by atoms with Gasteiger partial charge in [-0.15, -0.1) is 11.3 Å². The molecule has 1 heterocycles. The van der Waals surface area contributed by atoms with Crippen molar-refractivity contribution in [1.29, 1.82) is 0 Å². The molecule has 0 saturated carbocycles. The first-order valence-electron chi connectivity index (χ1n) is 6.35. The van der Waals surface area contributed by atoms with Crippen LogP contribution in [0, 0.1) is 20.8 Å². The number of aromatic nitrogens is 1. The lowest BCUT2D eigenvalue weighted by Gasteiger charge is -2.19. The summed E-state index contributed by atoms with van der Waals surface area (Å²) in [6.45, 7) is 9.48. The lowest BCUT2D eigenvalue weighted by atomic mass is 9.97. The van der Waals surface area contributed by atoms with E-state index in [0.29, 0.717) is 0 Å². The predicted molar refractivity (Wildman–Crippen MR) is 78.3 cm³/mol. The number of rotatable bonds is 4. The Hall–Kier alpha value is -1.19. The molecule has 0 aliphatic heterocycles. The van der Waals surface area contributed by atoms with Crippen molar-refractivity contribution in [3.8, 4) is 0 Å². The lowest BCUT2D eigenvalue weighted by Crippen LogP contribution is -2.22. The van der Waals surface area contributed by atoms with E-state index in [4.69, 9.17) is 0 Å². The molecule has 1 unspecified atom stereocenters. The quantitative estimate of drug-likeness (QED) is 0.905. The molecule has 0 fully saturated rings. The van der Waals surface area contributed by atoms with Crippen LogP contribution in [0.1, 0.15) is 40.4 Å². The molecule has 0 saturated heterocycles. The van der Waals surface area contributed by atoms with Gasteiger partial charge in [-0.05, 0) is 44.0 Å². The zero-order valence-electron chi connectivity index (χ0n) is 11.4. The Labute approximate surface area is 113 Å². The SMILES string of the molecule is CCNC(c1nc(C)cs1)c1cccc(C)c1C. The van der Waals surface area contributed by atoms with Crippen molar-refractivity contribution in [3.63, 3.8) is 0 Å². The minimum atomic E-state index is 0.216. The summed E-state index contributed by atoms with van der Waals surface area (Å²) >= 11 is 1.73. The van der Waals surface area contributed by atoms with Crippen molar-refractivity contribution in [1.82, 2.24) is 10.3 Å². The van der Waals surface area contributed by atoms with Crippen LogP contribution in [0.2, 0.25) is 0 Å². The minimum absolute atomic E-state index is 0.216. The van der Waals surface area contributed by atoms with Crippen LogP contribution in [-0.4, -0.2) is 11.5 Å². The van der Waals surface area contributed by atoms with Gasteiger partial charge in [-0.1, -0.05) is 25.1 Å². The van der Waals surface area contributed by atoms with E-state index >= 15 is 0 Å². The Morgan fingerprint density at radius 3 is 2.67 bits per heavy atom. The molecule has 1 aromatic heterocycles. The maximum Gasteiger partial charge on any atom is 0.114 e. The second-order valence-electron chi connectivity index (χ2n) is 4.61. The van der Waals surface area contributed by atoms with Gasteiger partial charge >= 0.3 is 0 Å². The second-order valence-corrected chi connectivity index (χ2v) is 5.50. The van der Waals surface area contributed by atoms with E-state index < -0.39 is 0 Å². The molecule has 1 aromatic carbocycles. The van der Waals surface area contributed by atoms with Crippen LogP contribution in [-0.2, 0) is 0 Å². The van der Waals surface area contributed by atoms with Gasteiger partial charge < -0.3 is 5.32 Å². The fraction of sp³-hybridized carbons (Fsp3) is 0.400. The lowest BCUT2D eigenvalue weighted by molar-refractivity contribution is 0.623. The molecule has 2 rings (SSSR count). The van der Waals surface area contributed by atoms with Crippen LogP contribution in [0.15, 0.2) is 23.6 Å². The van der Waals surface area contributed by atoms with E-state index in [1.54, 1.807) is 11.3 Å². The molecule has 0 amide bonds. The number of benzene rings is 1. The summed E-state index contributed by atoms with van der Waals surface area (Å²) in [5, 5.41) is 6.82. The molecule has 2 nitrogen and oxygen atoms in total. The van der Waals surface area contributed by atoms with E-state index in [-0.39, 0.29) is 6.04 Å². The standard InChI is InChI=1S/C15H20N2S/c1-5-16-14(15-17-11(3)9-18-15)13-8-6-7-10(2)12(13)4/h6-9,14,16H,5H2,1-4H3. The maximum atomic E-state index is 4.63. The number of nitrogens with zero attached hydrogens (tertiary/aromatic N) is 1. The van der Waals surface area contributed by atoms with Crippen LogP contribution in [0.3, 0.4) is 0 Å². The van der Waals surface area contributed by atoms with Crippen LogP contribution >= 0.6 is 11.3 Å². The third-order valence-electron chi connectivity index (χ3n) is 3.25. The highest BCUT2D eigenvalue weighted by molar-refractivity contribution is 7.09. The van der Waals surface area contributed by atoms with Gasteiger partial charge in [0.05, 0.1) is 6.04 Å². The summed E-state index contributed by atoms with van der Waals surface area (Å²) in [5.74, 6) is 0. The normalized spacial score (nSPS) is 12.7. The molecule has 0 aliphatic rings. The number of hydrogen-bond acceptors (Lipinski definition) is 3. The zero-order valence-corrected chi connectivity index (χ0v) is 12.3. The molecule has 0 radical (unpaired) electrons. The molecular formula is C15H20N2S. The molecule has 2 aromatic rings. The highest BCUT2D eigenvalue weighted by Gasteiger charge is 2.18. The van der Waals surface area contributed by atoms with Gasteiger partial charge in [0.15, 0.2) is 0 Å². The van der Waals surface area contributed by atoms with Crippen molar-refractivity contribution in [2.75, 3.05) is 6.54 Å². The molecular weight excluding hydrogens is 240 g/mol. The highest BCUT2D eigenvalue weighted by atomic mass is 32.1. The molecule has 0 spiro atoms. The molecule has 96 valence electrons. The average molecular weight is 260 g/mol. The predicted octanol–water partition coefficient (Wildman–Crippen LogP) is 3.77. The van der Waals surface area contributed by atoms with Crippen molar-refractivity contribution in [2.24, 2.45) is 0 Å². The summed E-state index contributed by atoms with van der Waals surface area (Å²) in [5.41, 5.74) is 5.13. The van der Waals surface area contributed by atoms with E-state index in [9.17, 15) is 0 Å². The monoisotopic (exact) mass is 260 g/mol. The van der Waals surface area contributed by atoms with E-state index in [2.05, 4.69) is 54.7 Å². The molecule has 0 bridgehead atoms. The molecule has 3 heteroatoms. The molecule has 1 N–H and O–H groups in total. The van der Waals surface area contributed by atoms with Crippen molar-refractivity contribution < 1.29 is 0 Å². The first kappa shape index (κ1) is 13.2. The number of aryl methyl sites for hydroxylation is 2. The number of thiazole rings is 1. The summed E-state index contributed by atoms with van der Waals surface area (Å²) in [4.78, 5) is 4.63. The third kappa shape index (κ3) is 2.62. The molecule has 1 atom stereocenters. The minimum Gasteiger partial charge on any atom is -0.305 e. The van der Waals surface area contributed by atoms with Gasteiger partial charge in [-0.3, -0.25) is 0 Å². The number of nitrogens with one attached hydrogen (secondary N) is 1. The molecule has 18 heavy (non-hydrogen) atoms. The van der Waals surface area contributed by atoms with Crippen LogP contribution < -0.4 is 5.32 Å². The Balaban J connectivity index is 2.44. The summed E-state index contributed by atoms with van der Waals surface area (Å²) in [6.07, 6.45) is 0. The maximum absolute atomic E-state index is 4.63. The van der Waals surface area contributed by atoms with E-state index in [1.807, 2.05) is 6.92 Å². The smallest absolute Gasteiger partial charge is 0.114 e. The average Bonchev–Trinajstić information content (AvgIpc) is 2.77. The summed E-state index contributed by atoms with van der Waals surface area (Å²) in [6, 6.07) is 6.71.